The van der Waals surface area contributed by atoms with Crippen LogP contribution in [0.15, 0.2) is 30.5 Å². The molecular weight excluding hydrogens is 450 g/mol. The summed E-state index contributed by atoms with van der Waals surface area (Å²) in [6, 6.07) is 7.18. The molecule has 1 saturated heterocycles. The zero-order valence-corrected chi connectivity index (χ0v) is 20.8. The Labute approximate surface area is 207 Å². The monoisotopic (exact) mass is 488 g/mol. The molecule has 2 fully saturated rings. The van der Waals surface area contributed by atoms with E-state index in [1.165, 1.54) is 12.3 Å². The second-order valence-corrected chi connectivity index (χ2v) is 10.2. The fourth-order valence-corrected chi connectivity index (χ4v) is 4.94. The quantitative estimate of drug-likeness (QED) is 0.399. The molecule has 6 nitrogen and oxygen atoms in total. The second kappa shape index (κ2) is 12.1. The van der Waals surface area contributed by atoms with Crippen LogP contribution in [0.5, 0.6) is 0 Å². The minimum atomic E-state index is -0.533. The van der Waals surface area contributed by atoms with E-state index in [4.69, 9.17) is 9.47 Å². The Morgan fingerprint density at radius 2 is 1.74 bits per heavy atom. The molecule has 2 aliphatic rings. The third kappa shape index (κ3) is 7.12. The minimum Gasteiger partial charge on any atom is -0.384 e. The van der Waals surface area contributed by atoms with Crippen LogP contribution < -0.4 is 16.0 Å². The maximum atomic E-state index is 14.8. The summed E-state index contributed by atoms with van der Waals surface area (Å²) in [5.74, 6) is -0.412. The van der Waals surface area contributed by atoms with Gasteiger partial charge >= 0.3 is 0 Å². The lowest BCUT2D eigenvalue weighted by Gasteiger charge is -2.34. The van der Waals surface area contributed by atoms with E-state index in [1.807, 2.05) is 0 Å². The summed E-state index contributed by atoms with van der Waals surface area (Å²) in [5.41, 5.74) is 1.36. The summed E-state index contributed by atoms with van der Waals surface area (Å²) >= 11 is 0. The van der Waals surface area contributed by atoms with Crippen LogP contribution in [0.3, 0.4) is 0 Å². The van der Waals surface area contributed by atoms with Crippen molar-refractivity contribution in [3.8, 4) is 11.1 Å². The molecule has 3 N–H and O–H groups in total. The molecule has 0 atom stereocenters. The molecule has 1 aliphatic heterocycles. The van der Waals surface area contributed by atoms with Crippen LogP contribution in [0.25, 0.3) is 11.1 Å². The topological polar surface area (TPSA) is 67.4 Å². The highest BCUT2D eigenvalue weighted by atomic mass is 19.1. The highest BCUT2D eigenvalue weighted by Gasteiger charge is 2.27. The van der Waals surface area contributed by atoms with Crippen LogP contribution in [0.1, 0.15) is 45.4 Å². The first-order valence-electron chi connectivity index (χ1n) is 12.7. The number of hydrogen-bond acceptors (Lipinski definition) is 6. The van der Waals surface area contributed by atoms with Gasteiger partial charge in [0.1, 0.15) is 17.5 Å². The van der Waals surface area contributed by atoms with E-state index in [0.29, 0.717) is 18.5 Å². The molecule has 35 heavy (non-hydrogen) atoms. The molecule has 1 aliphatic carbocycles. The van der Waals surface area contributed by atoms with Crippen molar-refractivity contribution in [1.82, 2.24) is 10.3 Å². The summed E-state index contributed by atoms with van der Waals surface area (Å²) in [7, 11) is 1.71. The maximum absolute atomic E-state index is 14.8. The lowest BCUT2D eigenvalue weighted by molar-refractivity contribution is 0.0300. The molecule has 0 unspecified atom stereocenters. The largest absolute Gasteiger partial charge is 0.384 e. The van der Waals surface area contributed by atoms with E-state index in [-0.39, 0.29) is 22.6 Å². The van der Waals surface area contributed by atoms with Gasteiger partial charge in [-0.2, -0.15) is 0 Å². The lowest BCUT2D eigenvalue weighted by atomic mass is 9.82. The summed E-state index contributed by atoms with van der Waals surface area (Å²) in [4.78, 5) is 4.23. The molecule has 4 rings (SSSR count). The van der Waals surface area contributed by atoms with Gasteiger partial charge in [-0.25, -0.2) is 13.8 Å². The Balaban J connectivity index is 1.40. The fraction of sp³-hybridized carbons (Fsp3) is 0.593. The predicted octanol–water partition coefficient (Wildman–Crippen LogP) is 5.21. The van der Waals surface area contributed by atoms with Crippen molar-refractivity contribution < 1.29 is 18.3 Å². The third-order valence-electron chi connectivity index (χ3n) is 7.35. The van der Waals surface area contributed by atoms with Gasteiger partial charge in [0.05, 0.1) is 12.8 Å². The molecule has 1 aromatic heterocycles. The number of anilines is 2. The first-order chi connectivity index (χ1) is 17.0. The Bertz CT molecular complexity index is 960. The van der Waals surface area contributed by atoms with E-state index in [0.717, 1.165) is 70.5 Å². The van der Waals surface area contributed by atoms with Crippen molar-refractivity contribution >= 4 is 11.5 Å². The number of aromatic nitrogens is 1. The van der Waals surface area contributed by atoms with Gasteiger partial charge in [0.15, 0.2) is 0 Å². The van der Waals surface area contributed by atoms with E-state index >= 15 is 0 Å². The number of pyridine rings is 1. The van der Waals surface area contributed by atoms with Crippen LogP contribution in [0, 0.1) is 17.0 Å². The molecule has 1 saturated carbocycles. The van der Waals surface area contributed by atoms with Crippen molar-refractivity contribution in [3.63, 3.8) is 0 Å². The van der Waals surface area contributed by atoms with Gasteiger partial charge in [-0.3, -0.25) is 0 Å². The summed E-state index contributed by atoms with van der Waals surface area (Å²) in [6.45, 7) is 6.08. The molecular formula is C27H38F2N4O2. The van der Waals surface area contributed by atoms with Crippen LogP contribution in [0.4, 0.5) is 20.3 Å². The average Bonchev–Trinajstić information content (AvgIpc) is 2.86. The van der Waals surface area contributed by atoms with Crippen LogP contribution in [0.2, 0.25) is 0 Å². The maximum Gasteiger partial charge on any atom is 0.149 e. The Hall–Kier alpha value is -2.29. The van der Waals surface area contributed by atoms with Crippen molar-refractivity contribution in [3.05, 3.63) is 42.1 Å². The number of nitrogens with one attached hydrogen (secondary N) is 3. The van der Waals surface area contributed by atoms with Crippen molar-refractivity contribution in [1.29, 1.82) is 0 Å². The van der Waals surface area contributed by atoms with Gasteiger partial charge in [0.2, 0.25) is 0 Å². The van der Waals surface area contributed by atoms with E-state index in [9.17, 15) is 8.78 Å². The zero-order chi connectivity index (χ0) is 24.7. The SMILES string of the molecule is COCCNC1CCC(Nc2cc(-c3cc(NCC4(C)CCOCC4)ccc3F)c(F)cn2)CC1. The molecule has 8 heteroatoms. The number of methoxy groups -OCH3 is 1. The van der Waals surface area contributed by atoms with E-state index in [2.05, 4.69) is 27.9 Å². The van der Waals surface area contributed by atoms with Gasteiger partial charge in [-0.1, -0.05) is 6.92 Å². The van der Waals surface area contributed by atoms with Crippen molar-refractivity contribution in [2.45, 2.75) is 57.5 Å². The Kier molecular flexibility index (Phi) is 8.92. The van der Waals surface area contributed by atoms with E-state index in [1.54, 1.807) is 25.3 Å². The Morgan fingerprint density at radius 3 is 2.49 bits per heavy atom. The standard InChI is InChI=1S/C27H38F2N4O2/c1-27(9-12-35-13-10-27)18-32-21-7-8-24(28)22(15-21)23-16-26(31-17-25(23)29)33-20-5-3-19(4-6-20)30-11-14-34-2/h7-8,15-17,19-20,30,32H,3-6,9-14,18H2,1-2H3,(H,31,33). The highest BCUT2D eigenvalue weighted by Crippen LogP contribution is 2.33. The first kappa shape index (κ1) is 25.8. The van der Waals surface area contributed by atoms with Crippen LogP contribution in [-0.2, 0) is 9.47 Å². The number of hydrogen-bond donors (Lipinski definition) is 3. The fourth-order valence-electron chi connectivity index (χ4n) is 4.94. The third-order valence-corrected chi connectivity index (χ3v) is 7.35. The van der Waals surface area contributed by atoms with Gasteiger partial charge in [-0.05, 0) is 68.2 Å². The first-order valence-corrected chi connectivity index (χ1v) is 12.7. The normalized spacial score (nSPS) is 22.1. The summed E-state index contributed by atoms with van der Waals surface area (Å²) in [6.07, 6.45) is 7.25. The van der Waals surface area contributed by atoms with Gasteiger partial charge in [0, 0.05) is 62.3 Å². The smallest absolute Gasteiger partial charge is 0.149 e. The van der Waals surface area contributed by atoms with E-state index < -0.39 is 11.6 Å². The minimum absolute atomic E-state index is 0.129. The summed E-state index contributed by atoms with van der Waals surface area (Å²) < 4.78 is 40.1. The van der Waals surface area contributed by atoms with Crippen molar-refractivity contribution in [2.75, 3.05) is 50.7 Å². The lowest BCUT2D eigenvalue weighted by Crippen LogP contribution is -2.38. The van der Waals surface area contributed by atoms with Gasteiger partial charge in [-0.15, -0.1) is 0 Å². The number of nitrogens with zero attached hydrogens (tertiary/aromatic N) is 1. The average molecular weight is 489 g/mol. The van der Waals surface area contributed by atoms with Crippen LogP contribution in [-0.4, -0.2) is 57.1 Å². The zero-order valence-electron chi connectivity index (χ0n) is 20.8. The number of rotatable bonds is 10. The van der Waals surface area contributed by atoms with Gasteiger partial charge < -0.3 is 25.4 Å². The Morgan fingerprint density at radius 1 is 1.03 bits per heavy atom. The molecule has 192 valence electrons. The predicted molar refractivity (Wildman–Crippen MR) is 136 cm³/mol. The molecule has 0 spiro atoms. The van der Waals surface area contributed by atoms with Gasteiger partial charge in [0.25, 0.3) is 0 Å². The summed E-state index contributed by atoms with van der Waals surface area (Å²) in [5, 5.41) is 10.4. The number of ether oxygens (including phenoxy) is 2. The highest BCUT2D eigenvalue weighted by molar-refractivity contribution is 5.71. The molecule has 2 heterocycles. The molecule has 0 amide bonds. The number of benzene rings is 1. The van der Waals surface area contributed by atoms with Crippen molar-refractivity contribution in [2.24, 2.45) is 5.41 Å². The molecule has 0 radical (unpaired) electrons. The molecule has 0 bridgehead atoms. The number of halogens is 2. The second-order valence-electron chi connectivity index (χ2n) is 10.2. The van der Waals surface area contributed by atoms with Crippen LogP contribution >= 0.6 is 0 Å². The molecule has 2 aromatic rings. The molecule has 1 aromatic carbocycles.